The molecule has 1 amide bonds. The van der Waals surface area contributed by atoms with Crippen molar-refractivity contribution >= 4 is 5.91 Å². The fourth-order valence-electron chi connectivity index (χ4n) is 2.84. The number of methoxy groups -OCH3 is 1. The molecule has 0 saturated carbocycles. The summed E-state index contributed by atoms with van der Waals surface area (Å²) < 4.78 is 22.4. The van der Waals surface area contributed by atoms with Crippen molar-refractivity contribution in [3.63, 3.8) is 0 Å². The Kier molecular flexibility index (Phi) is 6.54. The summed E-state index contributed by atoms with van der Waals surface area (Å²) in [6, 6.07) is 15.1. The highest BCUT2D eigenvalue weighted by Gasteiger charge is 2.25. The monoisotopic (exact) mass is 371 g/mol. The maximum atomic E-state index is 12.4. The fourth-order valence-corrected chi connectivity index (χ4v) is 2.84. The zero-order valence-corrected chi connectivity index (χ0v) is 15.7. The molecule has 1 atom stereocenters. The smallest absolute Gasteiger partial charge is 0.260 e. The van der Waals surface area contributed by atoms with Crippen molar-refractivity contribution in [2.45, 2.75) is 13.0 Å². The standard InChI is InChI=1S/C21H25NO5/c1-16-7-9-17(10-8-16)26-15-21(23)22-11-12-25-18(13-22)14-27-20-6-4-3-5-19(20)24-2/h3-10,18H,11-15H2,1-2H3/t18-/m0/s1. The molecule has 0 aromatic heterocycles. The minimum Gasteiger partial charge on any atom is -0.493 e. The van der Waals surface area contributed by atoms with Crippen molar-refractivity contribution in [2.24, 2.45) is 0 Å². The highest BCUT2D eigenvalue weighted by atomic mass is 16.5. The molecule has 0 radical (unpaired) electrons. The lowest BCUT2D eigenvalue weighted by atomic mass is 10.2. The average Bonchev–Trinajstić information content (AvgIpc) is 2.72. The minimum absolute atomic E-state index is 0.0170. The first-order chi connectivity index (χ1) is 13.2. The van der Waals surface area contributed by atoms with E-state index in [0.29, 0.717) is 43.6 Å². The van der Waals surface area contributed by atoms with Gasteiger partial charge in [-0.2, -0.15) is 0 Å². The van der Waals surface area contributed by atoms with E-state index in [1.165, 1.54) is 0 Å². The third-order valence-corrected chi connectivity index (χ3v) is 4.37. The normalized spacial score (nSPS) is 16.7. The summed E-state index contributed by atoms with van der Waals surface area (Å²) in [7, 11) is 1.60. The molecule has 6 heteroatoms. The predicted molar refractivity (Wildman–Crippen MR) is 101 cm³/mol. The first-order valence-electron chi connectivity index (χ1n) is 9.00. The van der Waals surface area contributed by atoms with Crippen LogP contribution in [0.25, 0.3) is 0 Å². The SMILES string of the molecule is COc1ccccc1OC[C@@H]1CN(C(=O)COc2ccc(C)cc2)CCO1. The topological polar surface area (TPSA) is 57.2 Å². The zero-order valence-electron chi connectivity index (χ0n) is 15.7. The molecule has 3 rings (SSSR count). The van der Waals surface area contributed by atoms with E-state index in [2.05, 4.69) is 0 Å². The van der Waals surface area contributed by atoms with Crippen LogP contribution >= 0.6 is 0 Å². The van der Waals surface area contributed by atoms with Crippen molar-refractivity contribution in [1.29, 1.82) is 0 Å². The number of carbonyl (C=O) groups excluding carboxylic acids is 1. The zero-order chi connectivity index (χ0) is 19.1. The maximum Gasteiger partial charge on any atom is 0.260 e. The Morgan fingerprint density at radius 3 is 2.59 bits per heavy atom. The van der Waals surface area contributed by atoms with Gasteiger partial charge in [0.25, 0.3) is 5.91 Å². The number of rotatable bonds is 7. The van der Waals surface area contributed by atoms with Gasteiger partial charge >= 0.3 is 0 Å². The molecule has 1 heterocycles. The Morgan fingerprint density at radius 1 is 1.11 bits per heavy atom. The van der Waals surface area contributed by atoms with Crippen molar-refractivity contribution < 1.29 is 23.7 Å². The van der Waals surface area contributed by atoms with Crippen LogP contribution in [0.2, 0.25) is 0 Å². The molecule has 0 unspecified atom stereocenters. The van der Waals surface area contributed by atoms with Crippen LogP contribution in [0.5, 0.6) is 17.2 Å². The Hall–Kier alpha value is -2.73. The van der Waals surface area contributed by atoms with Gasteiger partial charge in [-0.15, -0.1) is 0 Å². The van der Waals surface area contributed by atoms with Crippen LogP contribution in [0, 0.1) is 6.92 Å². The summed E-state index contributed by atoms with van der Waals surface area (Å²) in [5.41, 5.74) is 1.15. The number of nitrogens with zero attached hydrogens (tertiary/aromatic N) is 1. The second-order valence-electron chi connectivity index (χ2n) is 6.40. The summed E-state index contributed by atoms with van der Waals surface area (Å²) in [5, 5.41) is 0. The second-order valence-corrected chi connectivity index (χ2v) is 6.40. The third kappa shape index (κ3) is 5.37. The first kappa shape index (κ1) is 19.0. The summed E-state index contributed by atoms with van der Waals surface area (Å²) in [4.78, 5) is 14.2. The van der Waals surface area contributed by atoms with Crippen LogP contribution in [0.4, 0.5) is 0 Å². The van der Waals surface area contributed by atoms with E-state index in [9.17, 15) is 4.79 Å². The second kappa shape index (κ2) is 9.28. The largest absolute Gasteiger partial charge is 0.493 e. The van der Waals surface area contributed by atoms with Crippen molar-refractivity contribution in [3.05, 3.63) is 54.1 Å². The minimum atomic E-state index is -0.188. The lowest BCUT2D eigenvalue weighted by Gasteiger charge is -2.32. The highest BCUT2D eigenvalue weighted by Crippen LogP contribution is 2.26. The van der Waals surface area contributed by atoms with E-state index in [0.717, 1.165) is 5.56 Å². The third-order valence-electron chi connectivity index (χ3n) is 4.37. The van der Waals surface area contributed by atoms with Gasteiger partial charge in [-0.25, -0.2) is 0 Å². The van der Waals surface area contributed by atoms with Gasteiger partial charge in [-0.05, 0) is 31.2 Å². The van der Waals surface area contributed by atoms with Gasteiger partial charge in [-0.3, -0.25) is 4.79 Å². The lowest BCUT2D eigenvalue weighted by Crippen LogP contribution is -2.49. The van der Waals surface area contributed by atoms with Gasteiger partial charge in [0, 0.05) is 6.54 Å². The molecule has 6 nitrogen and oxygen atoms in total. The molecular formula is C21H25NO5. The Morgan fingerprint density at radius 2 is 1.85 bits per heavy atom. The van der Waals surface area contributed by atoms with E-state index in [-0.39, 0.29) is 18.6 Å². The van der Waals surface area contributed by atoms with Crippen LogP contribution in [-0.2, 0) is 9.53 Å². The maximum absolute atomic E-state index is 12.4. The van der Waals surface area contributed by atoms with E-state index < -0.39 is 0 Å². The number of hydrogen-bond acceptors (Lipinski definition) is 5. The van der Waals surface area contributed by atoms with Crippen LogP contribution in [0.1, 0.15) is 5.56 Å². The Bertz CT molecular complexity index is 746. The number of carbonyl (C=O) groups is 1. The number of para-hydroxylation sites is 2. The molecule has 1 saturated heterocycles. The molecule has 2 aromatic rings. The number of morpholine rings is 1. The van der Waals surface area contributed by atoms with E-state index in [4.69, 9.17) is 18.9 Å². The molecule has 27 heavy (non-hydrogen) atoms. The molecule has 0 bridgehead atoms. The molecule has 144 valence electrons. The molecule has 1 fully saturated rings. The van der Waals surface area contributed by atoms with E-state index >= 15 is 0 Å². The Balaban J connectivity index is 1.48. The van der Waals surface area contributed by atoms with Gasteiger partial charge in [0.05, 0.1) is 20.3 Å². The Labute approximate surface area is 159 Å². The summed E-state index contributed by atoms with van der Waals surface area (Å²) in [5.74, 6) is 1.97. The van der Waals surface area contributed by atoms with Gasteiger partial charge in [0.15, 0.2) is 18.1 Å². The molecule has 0 N–H and O–H groups in total. The molecule has 1 aliphatic rings. The van der Waals surface area contributed by atoms with Crippen LogP contribution in [0.3, 0.4) is 0 Å². The number of ether oxygens (including phenoxy) is 4. The number of aryl methyl sites for hydroxylation is 1. The number of benzene rings is 2. The van der Waals surface area contributed by atoms with E-state index in [1.807, 2.05) is 55.5 Å². The summed E-state index contributed by atoms with van der Waals surface area (Å²) in [6.07, 6.45) is -0.188. The fraction of sp³-hybridized carbons (Fsp3) is 0.381. The summed E-state index contributed by atoms with van der Waals surface area (Å²) in [6.45, 7) is 3.89. The molecule has 1 aliphatic heterocycles. The number of hydrogen-bond donors (Lipinski definition) is 0. The predicted octanol–water partition coefficient (Wildman–Crippen LogP) is 2.69. The van der Waals surface area contributed by atoms with Crippen LogP contribution in [-0.4, -0.2) is 56.9 Å². The highest BCUT2D eigenvalue weighted by molar-refractivity contribution is 5.77. The summed E-state index contributed by atoms with van der Waals surface area (Å²) >= 11 is 0. The molecule has 0 aliphatic carbocycles. The lowest BCUT2D eigenvalue weighted by molar-refractivity contribution is -0.142. The van der Waals surface area contributed by atoms with Crippen LogP contribution in [0.15, 0.2) is 48.5 Å². The van der Waals surface area contributed by atoms with Gasteiger partial charge in [0.1, 0.15) is 18.5 Å². The van der Waals surface area contributed by atoms with Crippen molar-refractivity contribution in [3.8, 4) is 17.2 Å². The number of amides is 1. The van der Waals surface area contributed by atoms with Gasteiger partial charge in [-0.1, -0.05) is 29.8 Å². The quantitative estimate of drug-likeness (QED) is 0.749. The van der Waals surface area contributed by atoms with Crippen molar-refractivity contribution in [2.75, 3.05) is 40.0 Å². The molecule has 2 aromatic carbocycles. The van der Waals surface area contributed by atoms with E-state index in [1.54, 1.807) is 12.0 Å². The molecule has 0 spiro atoms. The average molecular weight is 371 g/mol. The van der Waals surface area contributed by atoms with Crippen LogP contribution < -0.4 is 14.2 Å². The van der Waals surface area contributed by atoms with Crippen molar-refractivity contribution in [1.82, 2.24) is 4.90 Å². The van der Waals surface area contributed by atoms with Gasteiger partial charge < -0.3 is 23.8 Å². The van der Waals surface area contributed by atoms with Gasteiger partial charge in [0.2, 0.25) is 0 Å². The molecular weight excluding hydrogens is 346 g/mol. The first-order valence-corrected chi connectivity index (χ1v) is 9.00.